The second-order valence-corrected chi connectivity index (χ2v) is 7.73. The third kappa shape index (κ3) is 3.68. The van der Waals surface area contributed by atoms with Crippen LogP contribution in [0.5, 0.6) is 17.2 Å². The number of nitrogens with zero attached hydrogens (tertiary/aromatic N) is 2. The van der Waals surface area contributed by atoms with Crippen LogP contribution in [0.15, 0.2) is 66.2 Å². The minimum Gasteiger partial charge on any atom is -0.493 e. The van der Waals surface area contributed by atoms with Crippen molar-refractivity contribution in [3.8, 4) is 17.2 Å². The van der Waals surface area contributed by atoms with Crippen LogP contribution in [0.25, 0.3) is 21.0 Å². The van der Waals surface area contributed by atoms with Crippen molar-refractivity contribution in [1.29, 1.82) is 0 Å². The number of benzene rings is 3. The van der Waals surface area contributed by atoms with Gasteiger partial charge in [0, 0.05) is 17.5 Å². The Morgan fingerprint density at radius 2 is 1.77 bits per heavy atom. The molecule has 6 nitrogen and oxygen atoms in total. The number of carbonyl (C=O) groups is 1. The summed E-state index contributed by atoms with van der Waals surface area (Å²) < 4.78 is 19.1. The van der Waals surface area contributed by atoms with E-state index in [0.717, 1.165) is 21.0 Å². The molecule has 0 saturated heterocycles. The van der Waals surface area contributed by atoms with Crippen molar-refractivity contribution in [2.45, 2.75) is 6.54 Å². The lowest BCUT2D eigenvalue weighted by Crippen LogP contribution is -2.16. The summed E-state index contributed by atoms with van der Waals surface area (Å²) in [5, 5.41) is 2.27. The van der Waals surface area contributed by atoms with Crippen LogP contribution in [-0.4, -0.2) is 31.8 Å². The number of fused-ring (bicyclic) bond motifs is 3. The molecule has 0 atom stereocenters. The Labute approximate surface area is 183 Å². The fourth-order valence-corrected chi connectivity index (χ4v) is 4.72. The summed E-state index contributed by atoms with van der Waals surface area (Å²) in [5.74, 6) is 0.841. The van der Waals surface area contributed by atoms with E-state index in [9.17, 15) is 4.79 Å². The van der Waals surface area contributed by atoms with Crippen LogP contribution in [0.3, 0.4) is 0 Å². The Hall–Kier alpha value is -3.58. The Balaban J connectivity index is 1.91. The molecular formula is C24H22N2O4S. The predicted molar refractivity (Wildman–Crippen MR) is 124 cm³/mol. The molecule has 7 heteroatoms. The lowest BCUT2D eigenvalue weighted by Gasteiger charge is -2.12. The minimum absolute atomic E-state index is 0.349. The normalized spacial score (nSPS) is 11.6. The summed E-state index contributed by atoms with van der Waals surface area (Å²) in [6.07, 6.45) is 1.80. The summed E-state index contributed by atoms with van der Waals surface area (Å²) in [6.45, 7) is 4.40. The highest BCUT2D eigenvalue weighted by Crippen LogP contribution is 2.38. The van der Waals surface area contributed by atoms with Gasteiger partial charge < -0.3 is 18.8 Å². The van der Waals surface area contributed by atoms with E-state index in [2.05, 4.69) is 35.8 Å². The molecule has 0 fully saturated rings. The first kappa shape index (κ1) is 20.7. The molecular weight excluding hydrogens is 412 g/mol. The topological polar surface area (TPSA) is 62.1 Å². The van der Waals surface area contributed by atoms with Crippen molar-refractivity contribution >= 4 is 38.2 Å². The minimum atomic E-state index is -0.395. The second kappa shape index (κ2) is 8.65. The number of hydrogen-bond donors (Lipinski definition) is 0. The van der Waals surface area contributed by atoms with Crippen LogP contribution in [0.4, 0.5) is 0 Å². The molecule has 0 bridgehead atoms. The molecule has 0 N–H and O–H groups in total. The molecule has 0 aliphatic carbocycles. The molecule has 0 unspecified atom stereocenters. The van der Waals surface area contributed by atoms with Gasteiger partial charge in [0.2, 0.25) is 5.75 Å². The van der Waals surface area contributed by atoms with Gasteiger partial charge in [-0.05, 0) is 23.6 Å². The van der Waals surface area contributed by atoms with Crippen LogP contribution < -0.4 is 19.0 Å². The average molecular weight is 435 g/mol. The van der Waals surface area contributed by atoms with Crippen molar-refractivity contribution in [2.24, 2.45) is 4.99 Å². The van der Waals surface area contributed by atoms with E-state index in [1.165, 1.54) is 32.7 Å². The van der Waals surface area contributed by atoms with Crippen LogP contribution in [0, 0.1) is 0 Å². The molecule has 1 aromatic heterocycles. The van der Waals surface area contributed by atoms with E-state index >= 15 is 0 Å². The van der Waals surface area contributed by atoms with Crippen LogP contribution in [-0.2, 0) is 6.54 Å². The molecule has 0 aliphatic heterocycles. The molecule has 0 spiro atoms. The van der Waals surface area contributed by atoms with Gasteiger partial charge in [-0.15, -0.1) is 6.58 Å². The van der Waals surface area contributed by atoms with E-state index in [1.807, 2.05) is 16.7 Å². The molecule has 3 aromatic carbocycles. The molecule has 158 valence electrons. The molecule has 1 amide bonds. The number of thiazole rings is 1. The van der Waals surface area contributed by atoms with Gasteiger partial charge in [-0.2, -0.15) is 4.99 Å². The number of carbonyl (C=O) groups excluding carboxylic acids is 1. The number of aromatic nitrogens is 1. The van der Waals surface area contributed by atoms with Crippen LogP contribution in [0.1, 0.15) is 10.4 Å². The van der Waals surface area contributed by atoms with Gasteiger partial charge in [0.15, 0.2) is 16.3 Å². The van der Waals surface area contributed by atoms with Gasteiger partial charge >= 0.3 is 0 Å². The van der Waals surface area contributed by atoms with Gasteiger partial charge in [-0.25, -0.2) is 0 Å². The van der Waals surface area contributed by atoms with Crippen LogP contribution in [0.2, 0.25) is 0 Å². The Kier molecular flexibility index (Phi) is 5.77. The van der Waals surface area contributed by atoms with Gasteiger partial charge in [0.1, 0.15) is 0 Å². The summed E-state index contributed by atoms with van der Waals surface area (Å²) in [7, 11) is 4.54. The molecule has 4 aromatic rings. The largest absolute Gasteiger partial charge is 0.493 e. The highest BCUT2D eigenvalue weighted by atomic mass is 32.1. The van der Waals surface area contributed by atoms with E-state index in [-0.39, 0.29) is 0 Å². The van der Waals surface area contributed by atoms with Gasteiger partial charge in [-0.1, -0.05) is 47.7 Å². The Morgan fingerprint density at radius 1 is 1.06 bits per heavy atom. The maximum absolute atomic E-state index is 13.1. The van der Waals surface area contributed by atoms with Crippen LogP contribution >= 0.6 is 11.3 Å². The second-order valence-electron chi connectivity index (χ2n) is 6.75. The molecule has 4 rings (SSSR count). The van der Waals surface area contributed by atoms with Gasteiger partial charge in [0.05, 0.1) is 31.5 Å². The van der Waals surface area contributed by atoms with E-state index in [0.29, 0.717) is 34.2 Å². The molecule has 31 heavy (non-hydrogen) atoms. The maximum Gasteiger partial charge on any atom is 0.279 e. The first-order valence-corrected chi connectivity index (χ1v) is 10.4. The van der Waals surface area contributed by atoms with Crippen molar-refractivity contribution in [1.82, 2.24) is 4.57 Å². The predicted octanol–water partition coefficient (Wildman–Crippen LogP) is 4.81. The van der Waals surface area contributed by atoms with Crippen molar-refractivity contribution in [3.05, 3.63) is 71.6 Å². The van der Waals surface area contributed by atoms with E-state index < -0.39 is 5.91 Å². The van der Waals surface area contributed by atoms with Crippen molar-refractivity contribution in [2.75, 3.05) is 21.3 Å². The zero-order chi connectivity index (χ0) is 22.0. The number of amides is 1. The number of rotatable bonds is 6. The Morgan fingerprint density at radius 3 is 2.42 bits per heavy atom. The summed E-state index contributed by atoms with van der Waals surface area (Å²) in [6, 6.07) is 15.5. The number of allylic oxidation sites excluding steroid dienone is 1. The first-order valence-electron chi connectivity index (χ1n) is 9.62. The fraction of sp³-hybridized carbons (Fsp3) is 0.167. The van der Waals surface area contributed by atoms with Crippen molar-refractivity contribution in [3.63, 3.8) is 0 Å². The first-order chi connectivity index (χ1) is 15.1. The lowest BCUT2D eigenvalue weighted by molar-refractivity contribution is 0.0997. The maximum atomic E-state index is 13.1. The van der Waals surface area contributed by atoms with E-state index in [4.69, 9.17) is 14.2 Å². The molecule has 0 saturated carbocycles. The molecule has 0 aliphatic rings. The fourth-order valence-electron chi connectivity index (χ4n) is 3.55. The monoisotopic (exact) mass is 434 g/mol. The van der Waals surface area contributed by atoms with E-state index in [1.54, 1.807) is 18.2 Å². The summed E-state index contributed by atoms with van der Waals surface area (Å²) in [5.41, 5.74) is 1.36. The summed E-state index contributed by atoms with van der Waals surface area (Å²) in [4.78, 5) is 18.1. The number of hydrogen-bond acceptors (Lipinski definition) is 5. The highest BCUT2D eigenvalue weighted by Gasteiger charge is 2.17. The zero-order valence-electron chi connectivity index (χ0n) is 17.5. The number of methoxy groups -OCH3 is 3. The van der Waals surface area contributed by atoms with Gasteiger partial charge in [-0.3, -0.25) is 4.79 Å². The third-order valence-electron chi connectivity index (χ3n) is 4.99. The summed E-state index contributed by atoms with van der Waals surface area (Å²) >= 11 is 1.48. The Bertz CT molecular complexity index is 1340. The average Bonchev–Trinajstić information content (AvgIpc) is 3.15. The molecule has 0 radical (unpaired) electrons. The molecule has 1 heterocycles. The zero-order valence-corrected chi connectivity index (χ0v) is 18.4. The third-order valence-corrected chi connectivity index (χ3v) is 6.12. The quantitative estimate of drug-likeness (QED) is 0.409. The van der Waals surface area contributed by atoms with Gasteiger partial charge in [0.25, 0.3) is 5.91 Å². The lowest BCUT2D eigenvalue weighted by atomic mass is 10.1. The highest BCUT2D eigenvalue weighted by molar-refractivity contribution is 7.17. The van der Waals surface area contributed by atoms with Crippen molar-refractivity contribution < 1.29 is 19.0 Å². The SMILES string of the molecule is C=CCn1c(=NC(=O)c2cc(OC)c(OC)c(OC)c2)sc2c3ccccc3ccc21. The number of ether oxygens (including phenoxy) is 3. The smallest absolute Gasteiger partial charge is 0.279 e. The standard InChI is InChI=1S/C24H22N2O4S/c1-5-12-26-18-11-10-15-8-6-7-9-17(15)22(18)31-24(26)25-23(27)16-13-19(28-2)21(30-4)20(14-16)29-3/h5-11,13-14H,1,12H2,2-4H3.